The molecule has 1 aromatic heterocycles. The highest BCUT2D eigenvalue weighted by Crippen LogP contribution is 2.24. The second kappa shape index (κ2) is 5.01. The van der Waals surface area contributed by atoms with Crippen molar-refractivity contribution in [1.29, 1.82) is 0 Å². The topological polar surface area (TPSA) is 59.4 Å². The number of aromatic carboxylic acids is 1. The van der Waals surface area contributed by atoms with E-state index in [1.165, 1.54) is 6.07 Å². The zero-order valence-corrected chi connectivity index (χ0v) is 9.85. The van der Waals surface area contributed by atoms with Crippen LogP contribution in [0.4, 0.5) is 8.78 Å². The van der Waals surface area contributed by atoms with Crippen LogP contribution in [0.25, 0.3) is 0 Å². The molecule has 0 aliphatic carbocycles. The first-order valence-electron chi connectivity index (χ1n) is 5.29. The molecule has 0 amide bonds. The molecule has 6 heteroatoms. The third-order valence-corrected chi connectivity index (χ3v) is 2.33. The molecule has 0 unspecified atom stereocenters. The van der Waals surface area contributed by atoms with E-state index in [-0.39, 0.29) is 17.2 Å². The van der Waals surface area contributed by atoms with Gasteiger partial charge in [0.2, 0.25) is 5.88 Å². The van der Waals surface area contributed by atoms with E-state index in [4.69, 9.17) is 9.84 Å². The number of pyridine rings is 1. The number of aromatic nitrogens is 1. The van der Waals surface area contributed by atoms with Crippen LogP contribution in [0.5, 0.6) is 11.6 Å². The lowest BCUT2D eigenvalue weighted by Gasteiger charge is -2.08. The molecule has 1 heterocycles. The average molecular weight is 265 g/mol. The average Bonchev–Trinajstić information content (AvgIpc) is 2.30. The summed E-state index contributed by atoms with van der Waals surface area (Å²) in [7, 11) is 0. The molecule has 2 rings (SSSR count). The van der Waals surface area contributed by atoms with Crippen LogP contribution in [0.1, 0.15) is 15.9 Å². The lowest BCUT2D eigenvalue weighted by molar-refractivity contribution is 0.0696. The molecule has 0 fully saturated rings. The summed E-state index contributed by atoms with van der Waals surface area (Å²) in [6, 6.07) is 4.10. The highest BCUT2D eigenvalue weighted by Gasteiger charge is 2.10. The van der Waals surface area contributed by atoms with Crippen molar-refractivity contribution in [2.24, 2.45) is 0 Å². The predicted molar refractivity (Wildman–Crippen MR) is 62.4 cm³/mol. The van der Waals surface area contributed by atoms with E-state index in [1.54, 1.807) is 6.92 Å². The second-order valence-corrected chi connectivity index (χ2v) is 3.86. The van der Waals surface area contributed by atoms with E-state index in [0.717, 1.165) is 24.4 Å². The molecule has 0 aliphatic rings. The molecule has 1 N–H and O–H groups in total. The summed E-state index contributed by atoms with van der Waals surface area (Å²) >= 11 is 0. The Labute approximate surface area is 107 Å². The minimum atomic E-state index is -1.11. The molecule has 0 saturated heterocycles. The molecule has 0 bridgehead atoms. The monoisotopic (exact) mass is 265 g/mol. The fourth-order valence-corrected chi connectivity index (χ4v) is 1.49. The predicted octanol–water partition coefficient (Wildman–Crippen LogP) is 3.16. The Morgan fingerprint density at radius 3 is 2.37 bits per heavy atom. The number of rotatable bonds is 3. The molecule has 1 aromatic carbocycles. The van der Waals surface area contributed by atoms with Gasteiger partial charge in [-0.2, -0.15) is 0 Å². The maximum atomic E-state index is 13.0. The number of carboxylic acids is 1. The van der Waals surface area contributed by atoms with Gasteiger partial charge in [0, 0.05) is 30.0 Å². The van der Waals surface area contributed by atoms with Crippen LogP contribution in [-0.4, -0.2) is 16.1 Å². The van der Waals surface area contributed by atoms with E-state index in [0.29, 0.717) is 5.56 Å². The fraction of sp³-hybridized carbons (Fsp3) is 0.0769. The molecule has 0 saturated carbocycles. The Balaban J connectivity index is 2.30. The van der Waals surface area contributed by atoms with Crippen molar-refractivity contribution in [1.82, 2.24) is 4.98 Å². The first kappa shape index (κ1) is 12.9. The molecule has 4 nitrogen and oxygen atoms in total. The van der Waals surface area contributed by atoms with Crippen molar-refractivity contribution in [3.63, 3.8) is 0 Å². The first-order chi connectivity index (χ1) is 8.95. The van der Waals surface area contributed by atoms with E-state index in [9.17, 15) is 13.6 Å². The van der Waals surface area contributed by atoms with Crippen LogP contribution in [0.15, 0.2) is 30.5 Å². The molecule has 2 aromatic rings. The molecule has 0 spiro atoms. The Morgan fingerprint density at radius 2 is 1.84 bits per heavy atom. The van der Waals surface area contributed by atoms with Crippen molar-refractivity contribution in [2.75, 3.05) is 0 Å². The highest BCUT2D eigenvalue weighted by atomic mass is 19.1. The molecule has 98 valence electrons. The largest absolute Gasteiger partial charge is 0.478 e. The maximum Gasteiger partial charge on any atom is 0.337 e. The van der Waals surface area contributed by atoms with Crippen molar-refractivity contribution < 1.29 is 23.4 Å². The highest BCUT2D eigenvalue weighted by molar-refractivity contribution is 5.87. The number of halogens is 2. The first-order valence-corrected chi connectivity index (χ1v) is 5.29. The molecule has 0 atom stereocenters. The normalized spacial score (nSPS) is 10.3. The summed E-state index contributed by atoms with van der Waals surface area (Å²) in [5.74, 6) is -2.60. The van der Waals surface area contributed by atoms with E-state index >= 15 is 0 Å². The van der Waals surface area contributed by atoms with E-state index in [2.05, 4.69) is 4.98 Å². The smallest absolute Gasteiger partial charge is 0.337 e. The Morgan fingerprint density at radius 1 is 1.21 bits per heavy atom. The maximum absolute atomic E-state index is 13.0. The van der Waals surface area contributed by atoms with Gasteiger partial charge >= 0.3 is 5.97 Å². The van der Waals surface area contributed by atoms with E-state index in [1.807, 2.05) is 0 Å². The number of ether oxygens (including phenoxy) is 1. The lowest BCUT2D eigenvalue weighted by atomic mass is 10.2. The number of carbonyl (C=O) groups is 1. The molecule has 19 heavy (non-hydrogen) atoms. The zero-order chi connectivity index (χ0) is 14.0. The summed E-state index contributed by atoms with van der Waals surface area (Å²) in [5, 5.41) is 8.78. The third-order valence-electron chi connectivity index (χ3n) is 2.33. The van der Waals surface area contributed by atoms with Crippen LogP contribution >= 0.6 is 0 Å². The Hall–Kier alpha value is -2.50. The quantitative estimate of drug-likeness (QED) is 0.926. The van der Waals surface area contributed by atoms with Gasteiger partial charge in [0.1, 0.15) is 17.4 Å². The van der Waals surface area contributed by atoms with Gasteiger partial charge in [0.05, 0.1) is 5.56 Å². The molecular weight excluding hydrogens is 256 g/mol. The standard InChI is InChI=1S/C13H9F2NO3/c1-7-2-8(13(17)18)6-16-12(7)19-11-4-9(14)3-10(15)5-11/h2-6H,1H3,(H,17,18). The molecule has 0 radical (unpaired) electrons. The van der Waals surface area contributed by atoms with Crippen LogP contribution in [0.2, 0.25) is 0 Å². The SMILES string of the molecule is Cc1cc(C(=O)O)cnc1Oc1cc(F)cc(F)c1. The van der Waals surface area contributed by atoms with Gasteiger partial charge in [0.15, 0.2) is 0 Å². The second-order valence-electron chi connectivity index (χ2n) is 3.86. The number of benzene rings is 1. The van der Waals surface area contributed by atoms with Gasteiger partial charge in [-0.25, -0.2) is 18.6 Å². The molecular formula is C13H9F2NO3. The van der Waals surface area contributed by atoms with Crippen LogP contribution < -0.4 is 4.74 Å². The Kier molecular flexibility index (Phi) is 3.41. The van der Waals surface area contributed by atoms with Crippen molar-refractivity contribution in [3.05, 3.63) is 53.2 Å². The van der Waals surface area contributed by atoms with Gasteiger partial charge < -0.3 is 9.84 Å². The molecule has 0 aliphatic heterocycles. The zero-order valence-electron chi connectivity index (χ0n) is 9.85. The number of carboxylic acid groups (broad SMARTS) is 1. The van der Waals surface area contributed by atoms with Gasteiger partial charge in [-0.15, -0.1) is 0 Å². The van der Waals surface area contributed by atoms with Gasteiger partial charge in [-0.3, -0.25) is 0 Å². The number of aryl methyl sites for hydroxylation is 1. The summed E-state index contributed by atoms with van der Waals surface area (Å²) in [4.78, 5) is 14.5. The minimum absolute atomic E-state index is 0.00951. The summed E-state index contributed by atoms with van der Waals surface area (Å²) in [6.07, 6.45) is 1.11. The summed E-state index contributed by atoms with van der Waals surface area (Å²) in [6.45, 7) is 1.59. The summed E-state index contributed by atoms with van der Waals surface area (Å²) in [5.41, 5.74) is 0.458. The van der Waals surface area contributed by atoms with Crippen molar-refractivity contribution in [2.45, 2.75) is 6.92 Å². The van der Waals surface area contributed by atoms with Crippen molar-refractivity contribution >= 4 is 5.97 Å². The fourth-order valence-electron chi connectivity index (χ4n) is 1.49. The van der Waals surface area contributed by atoms with Crippen LogP contribution in [0.3, 0.4) is 0 Å². The number of nitrogens with zero attached hydrogens (tertiary/aromatic N) is 1. The number of hydrogen-bond donors (Lipinski definition) is 1. The van der Waals surface area contributed by atoms with Crippen LogP contribution in [-0.2, 0) is 0 Å². The van der Waals surface area contributed by atoms with E-state index < -0.39 is 17.6 Å². The number of hydrogen-bond acceptors (Lipinski definition) is 3. The lowest BCUT2D eigenvalue weighted by Crippen LogP contribution is -2.00. The van der Waals surface area contributed by atoms with Gasteiger partial charge in [0.25, 0.3) is 0 Å². The third kappa shape index (κ3) is 3.04. The van der Waals surface area contributed by atoms with Crippen molar-refractivity contribution in [3.8, 4) is 11.6 Å². The Bertz CT molecular complexity index is 624. The van der Waals surface area contributed by atoms with Gasteiger partial charge in [-0.05, 0) is 13.0 Å². The summed E-state index contributed by atoms with van der Waals surface area (Å²) < 4.78 is 31.2. The minimum Gasteiger partial charge on any atom is -0.478 e. The van der Waals surface area contributed by atoms with Gasteiger partial charge in [-0.1, -0.05) is 0 Å². The van der Waals surface area contributed by atoms with Crippen LogP contribution in [0, 0.1) is 18.6 Å².